The second kappa shape index (κ2) is 6.32. The highest BCUT2D eigenvalue weighted by molar-refractivity contribution is 5.83. The average Bonchev–Trinajstić information content (AvgIpc) is 2.47. The van der Waals surface area contributed by atoms with Crippen LogP contribution in [0.25, 0.3) is 5.65 Å². The zero-order chi connectivity index (χ0) is 14.5. The zero-order valence-electron chi connectivity index (χ0n) is 11.9. The third-order valence-corrected chi connectivity index (χ3v) is 3.15. The Labute approximate surface area is 117 Å². The van der Waals surface area contributed by atoms with Crippen LogP contribution in [0.1, 0.15) is 37.0 Å². The molecule has 2 rings (SSSR count). The molecule has 0 aliphatic rings. The predicted molar refractivity (Wildman–Crippen MR) is 79.6 cm³/mol. The number of hydrogen-bond acceptors (Lipinski definition) is 4. The molecule has 2 heterocycles. The van der Waals surface area contributed by atoms with Gasteiger partial charge in [0, 0.05) is 19.3 Å². The molecular weight excluding hydrogens is 254 g/mol. The third kappa shape index (κ3) is 2.57. The van der Waals surface area contributed by atoms with Crippen LogP contribution in [-0.2, 0) is 0 Å². The van der Waals surface area contributed by atoms with Crippen molar-refractivity contribution in [3.8, 4) is 0 Å². The first kappa shape index (κ1) is 14.2. The van der Waals surface area contributed by atoms with E-state index in [9.17, 15) is 9.59 Å². The molecule has 0 aliphatic carbocycles. The maximum atomic E-state index is 12.4. The van der Waals surface area contributed by atoms with Crippen molar-refractivity contribution in [2.45, 2.75) is 26.7 Å². The Kier molecular flexibility index (Phi) is 4.50. The standard InChI is InChI=1S/C15H19N3O2/c1-3-8-17(9-4-2)14-12(11-19)15(20)18-10-6-5-7-13(18)16-14/h5-7,10-11H,3-4,8-9H2,1-2H3. The van der Waals surface area contributed by atoms with Crippen molar-refractivity contribution >= 4 is 17.8 Å². The van der Waals surface area contributed by atoms with Crippen LogP contribution in [0.3, 0.4) is 0 Å². The van der Waals surface area contributed by atoms with Crippen LogP contribution in [0.5, 0.6) is 0 Å². The lowest BCUT2D eigenvalue weighted by Crippen LogP contribution is -2.31. The summed E-state index contributed by atoms with van der Waals surface area (Å²) >= 11 is 0. The molecule has 0 aliphatic heterocycles. The molecule has 0 saturated carbocycles. The SMILES string of the molecule is CCCN(CCC)c1nc2ccccn2c(=O)c1C=O. The van der Waals surface area contributed by atoms with Gasteiger partial charge in [0.25, 0.3) is 5.56 Å². The van der Waals surface area contributed by atoms with E-state index in [1.165, 1.54) is 4.40 Å². The lowest BCUT2D eigenvalue weighted by Gasteiger charge is -2.23. The quantitative estimate of drug-likeness (QED) is 0.757. The molecule has 0 amide bonds. The van der Waals surface area contributed by atoms with E-state index in [2.05, 4.69) is 18.8 Å². The van der Waals surface area contributed by atoms with Crippen molar-refractivity contribution in [2.24, 2.45) is 0 Å². The van der Waals surface area contributed by atoms with E-state index in [0.717, 1.165) is 25.9 Å². The number of fused-ring (bicyclic) bond motifs is 1. The molecule has 106 valence electrons. The van der Waals surface area contributed by atoms with Crippen LogP contribution in [0.2, 0.25) is 0 Å². The molecule has 2 aromatic heterocycles. The van der Waals surface area contributed by atoms with Crippen LogP contribution in [0.15, 0.2) is 29.2 Å². The number of hydrogen-bond donors (Lipinski definition) is 0. The largest absolute Gasteiger partial charge is 0.356 e. The summed E-state index contributed by atoms with van der Waals surface area (Å²) in [5, 5.41) is 0. The molecular formula is C15H19N3O2. The van der Waals surface area contributed by atoms with Gasteiger partial charge in [-0.15, -0.1) is 0 Å². The first-order valence-electron chi connectivity index (χ1n) is 6.94. The van der Waals surface area contributed by atoms with E-state index in [0.29, 0.717) is 17.8 Å². The molecule has 0 saturated heterocycles. The second-order valence-electron chi connectivity index (χ2n) is 4.69. The van der Waals surface area contributed by atoms with Gasteiger partial charge in [-0.2, -0.15) is 0 Å². The molecule has 0 aromatic carbocycles. The number of carbonyl (C=O) groups excluding carboxylic acids is 1. The maximum absolute atomic E-state index is 12.4. The molecule has 0 bridgehead atoms. The molecule has 2 aromatic rings. The molecule has 0 atom stereocenters. The summed E-state index contributed by atoms with van der Waals surface area (Å²) in [5.41, 5.74) is 0.392. The summed E-state index contributed by atoms with van der Waals surface area (Å²) in [6.45, 7) is 5.70. The smallest absolute Gasteiger partial charge is 0.270 e. The maximum Gasteiger partial charge on any atom is 0.270 e. The third-order valence-electron chi connectivity index (χ3n) is 3.15. The molecule has 20 heavy (non-hydrogen) atoms. The van der Waals surface area contributed by atoms with Gasteiger partial charge in [0.05, 0.1) is 0 Å². The minimum absolute atomic E-state index is 0.135. The normalized spacial score (nSPS) is 10.7. The Bertz CT molecular complexity index is 658. The fraction of sp³-hybridized carbons (Fsp3) is 0.400. The Morgan fingerprint density at radius 1 is 1.25 bits per heavy atom. The zero-order valence-corrected chi connectivity index (χ0v) is 11.9. The molecule has 5 heteroatoms. The van der Waals surface area contributed by atoms with E-state index in [1.54, 1.807) is 18.3 Å². The highest BCUT2D eigenvalue weighted by Crippen LogP contribution is 2.15. The van der Waals surface area contributed by atoms with Crippen molar-refractivity contribution in [1.29, 1.82) is 0 Å². The van der Waals surface area contributed by atoms with E-state index in [4.69, 9.17) is 0 Å². The van der Waals surface area contributed by atoms with Crippen molar-refractivity contribution < 1.29 is 4.79 Å². The number of pyridine rings is 1. The van der Waals surface area contributed by atoms with E-state index >= 15 is 0 Å². The van der Waals surface area contributed by atoms with Gasteiger partial charge in [-0.05, 0) is 25.0 Å². The van der Waals surface area contributed by atoms with E-state index < -0.39 is 0 Å². The number of aldehydes is 1. The van der Waals surface area contributed by atoms with Gasteiger partial charge in [-0.25, -0.2) is 4.98 Å². The van der Waals surface area contributed by atoms with E-state index in [-0.39, 0.29) is 11.1 Å². The molecule has 0 unspecified atom stereocenters. The van der Waals surface area contributed by atoms with E-state index in [1.807, 2.05) is 11.0 Å². The molecule has 0 spiro atoms. The van der Waals surface area contributed by atoms with Gasteiger partial charge < -0.3 is 4.90 Å². The van der Waals surface area contributed by atoms with Crippen molar-refractivity contribution in [1.82, 2.24) is 9.38 Å². The van der Waals surface area contributed by atoms with Crippen LogP contribution in [-0.4, -0.2) is 28.8 Å². The number of aromatic nitrogens is 2. The Morgan fingerprint density at radius 2 is 1.95 bits per heavy atom. The summed E-state index contributed by atoms with van der Waals surface area (Å²) in [5.74, 6) is 0.500. The number of nitrogens with zero attached hydrogens (tertiary/aromatic N) is 3. The first-order chi connectivity index (χ1) is 9.72. The Balaban J connectivity index is 2.67. The van der Waals surface area contributed by atoms with Crippen LogP contribution in [0.4, 0.5) is 5.82 Å². The van der Waals surface area contributed by atoms with Gasteiger partial charge in [-0.3, -0.25) is 14.0 Å². The van der Waals surface area contributed by atoms with Crippen molar-refractivity contribution in [3.05, 3.63) is 40.3 Å². The highest BCUT2D eigenvalue weighted by atomic mass is 16.1. The topological polar surface area (TPSA) is 54.7 Å². The highest BCUT2D eigenvalue weighted by Gasteiger charge is 2.16. The molecule has 0 fully saturated rings. The second-order valence-corrected chi connectivity index (χ2v) is 4.69. The fourth-order valence-corrected chi connectivity index (χ4v) is 2.30. The van der Waals surface area contributed by atoms with Gasteiger partial charge in [-0.1, -0.05) is 19.9 Å². The summed E-state index contributed by atoms with van der Waals surface area (Å²) in [4.78, 5) is 30.2. The van der Waals surface area contributed by atoms with Crippen LogP contribution < -0.4 is 10.5 Å². The Hall–Kier alpha value is -2.17. The Morgan fingerprint density at radius 3 is 2.55 bits per heavy atom. The number of carbonyl (C=O) groups is 1. The average molecular weight is 273 g/mol. The lowest BCUT2D eigenvalue weighted by molar-refractivity contribution is 0.112. The van der Waals surface area contributed by atoms with Gasteiger partial charge in [0.2, 0.25) is 0 Å². The van der Waals surface area contributed by atoms with Crippen molar-refractivity contribution in [2.75, 3.05) is 18.0 Å². The van der Waals surface area contributed by atoms with Gasteiger partial charge >= 0.3 is 0 Å². The monoisotopic (exact) mass is 273 g/mol. The molecule has 0 N–H and O–H groups in total. The van der Waals surface area contributed by atoms with Crippen molar-refractivity contribution in [3.63, 3.8) is 0 Å². The number of rotatable bonds is 6. The minimum Gasteiger partial charge on any atom is -0.356 e. The molecule has 5 nitrogen and oxygen atoms in total. The summed E-state index contributed by atoms with van der Waals surface area (Å²) < 4.78 is 1.41. The fourth-order valence-electron chi connectivity index (χ4n) is 2.30. The minimum atomic E-state index is -0.308. The van der Waals surface area contributed by atoms with Crippen LogP contribution >= 0.6 is 0 Å². The summed E-state index contributed by atoms with van der Waals surface area (Å²) in [7, 11) is 0. The number of anilines is 1. The lowest BCUT2D eigenvalue weighted by atomic mass is 10.2. The van der Waals surface area contributed by atoms with Gasteiger partial charge in [0.15, 0.2) is 6.29 Å². The van der Waals surface area contributed by atoms with Gasteiger partial charge in [0.1, 0.15) is 17.0 Å². The first-order valence-corrected chi connectivity index (χ1v) is 6.94. The predicted octanol–water partition coefficient (Wildman–Crippen LogP) is 2.13. The summed E-state index contributed by atoms with van der Waals surface area (Å²) in [6.07, 6.45) is 4.12. The summed E-state index contributed by atoms with van der Waals surface area (Å²) in [6, 6.07) is 5.35. The molecule has 0 radical (unpaired) electrons. The van der Waals surface area contributed by atoms with Crippen LogP contribution in [0, 0.1) is 0 Å².